The average Bonchev–Trinajstić information content (AvgIpc) is 3.11. The van der Waals surface area contributed by atoms with Gasteiger partial charge in [-0.1, -0.05) is 24.3 Å². The van der Waals surface area contributed by atoms with E-state index in [1.165, 1.54) is 12.1 Å². The number of alkyl halides is 1. The Hall–Kier alpha value is -3.23. The molecule has 6 rings (SSSR count). The maximum Gasteiger partial charge on any atom is 0.326 e. The average molecular weight is 494 g/mol. The first-order valence-electron chi connectivity index (χ1n) is 12.5. The Bertz CT molecular complexity index is 1400. The summed E-state index contributed by atoms with van der Waals surface area (Å²) in [6, 6.07) is 10.7. The van der Waals surface area contributed by atoms with Crippen molar-refractivity contribution in [1.82, 2.24) is 14.5 Å². The van der Waals surface area contributed by atoms with E-state index in [4.69, 9.17) is 9.47 Å². The number of nitrogens with one attached hydrogen (secondary N) is 1. The molecular weight excluding hydrogens is 464 g/mol. The van der Waals surface area contributed by atoms with E-state index in [-0.39, 0.29) is 30.5 Å². The maximum absolute atomic E-state index is 14.1. The SMILES string of the molecule is O=c1[nH]c2cc(CC3C4=C(COc5cc(F)ccc53)CC(F)C=C4)ccc2n1CCN1CCOCC1. The van der Waals surface area contributed by atoms with Crippen molar-refractivity contribution in [2.24, 2.45) is 0 Å². The number of ether oxygens (including phenoxy) is 2. The predicted octanol–water partition coefficient (Wildman–Crippen LogP) is 4.11. The van der Waals surface area contributed by atoms with Crippen molar-refractivity contribution >= 4 is 11.0 Å². The van der Waals surface area contributed by atoms with E-state index in [2.05, 4.69) is 9.88 Å². The lowest BCUT2D eigenvalue weighted by Crippen LogP contribution is -2.39. The van der Waals surface area contributed by atoms with Crippen LogP contribution in [0.4, 0.5) is 8.78 Å². The second-order valence-electron chi connectivity index (χ2n) is 9.75. The zero-order chi connectivity index (χ0) is 24.6. The molecule has 3 aliphatic rings. The topological polar surface area (TPSA) is 59.5 Å². The molecule has 36 heavy (non-hydrogen) atoms. The van der Waals surface area contributed by atoms with Gasteiger partial charge in [0.25, 0.3) is 0 Å². The largest absolute Gasteiger partial charge is 0.489 e. The molecule has 1 fully saturated rings. The Morgan fingerprint density at radius 1 is 1.08 bits per heavy atom. The van der Waals surface area contributed by atoms with Crippen molar-refractivity contribution in [3.8, 4) is 5.75 Å². The third kappa shape index (κ3) is 4.51. The molecule has 188 valence electrons. The number of hydrogen-bond donors (Lipinski definition) is 1. The third-order valence-electron chi connectivity index (χ3n) is 7.48. The van der Waals surface area contributed by atoms with Gasteiger partial charge >= 0.3 is 5.69 Å². The lowest BCUT2D eigenvalue weighted by molar-refractivity contribution is 0.0364. The second kappa shape index (κ2) is 9.67. The summed E-state index contributed by atoms with van der Waals surface area (Å²) in [4.78, 5) is 18.0. The number of hydrogen-bond acceptors (Lipinski definition) is 4. The Morgan fingerprint density at radius 2 is 1.94 bits per heavy atom. The summed E-state index contributed by atoms with van der Waals surface area (Å²) in [5.41, 5.74) is 5.42. The van der Waals surface area contributed by atoms with Crippen molar-refractivity contribution < 1.29 is 18.3 Å². The van der Waals surface area contributed by atoms with E-state index in [9.17, 15) is 13.6 Å². The molecule has 0 amide bonds. The molecule has 3 aromatic rings. The van der Waals surface area contributed by atoms with Crippen LogP contribution in [0.25, 0.3) is 11.0 Å². The monoisotopic (exact) mass is 493 g/mol. The first-order valence-corrected chi connectivity index (χ1v) is 12.5. The van der Waals surface area contributed by atoms with E-state index in [0.717, 1.165) is 66.2 Å². The Labute approximate surface area is 207 Å². The molecule has 1 saturated heterocycles. The highest BCUT2D eigenvalue weighted by Crippen LogP contribution is 2.42. The van der Waals surface area contributed by atoms with Gasteiger partial charge in [0.15, 0.2) is 0 Å². The van der Waals surface area contributed by atoms with Gasteiger partial charge in [0.2, 0.25) is 0 Å². The number of halogens is 2. The van der Waals surface area contributed by atoms with Gasteiger partial charge in [0, 0.05) is 50.1 Å². The van der Waals surface area contributed by atoms with Crippen LogP contribution in [-0.2, 0) is 17.7 Å². The summed E-state index contributed by atoms with van der Waals surface area (Å²) in [5.74, 6) is 0.0417. The van der Waals surface area contributed by atoms with Crippen molar-refractivity contribution in [1.29, 1.82) is 0 Å². The minimum absolute atomic E-state index is 0.102. The van der Waals surface area contributed by atoms with Crippen molar-refractivity contribution in [2.75, 3.05) is 39.5 Å². The number of aromatic nitrogens is 2. The fourth-order valence-corrected chi connectivity index (χ4v) is 5.59. The molecule has 0 saturated carbocycles. The molecule has 2 aromatic carbocycles. The van der Waals surface area contributed by atoms with Crippen LogP contribution < -0.4 is 10.4 Å². The predicted molar refractivity (Wildman–Crippen MR) is 134 cm³/mol. The highest BCUT2D eigenvalue weighted by atomic mass is 19.1. The zero-order valence-corrected chi connectivity index (χ0v) is 20.0. The Balaban J connectivity index is 1.30. The smallest absolute Gasteiger partial charge is 0.326 e. The van der Waals surface area contributed by atoms with E-state index < -0.39 is 6.17 Å². The number of morpholine rings is 1. The fraction of sp³-hybridized carbons (Fsp3) is 0.393. The van der Waals surface area contributed by atoms with Crippen LogP contribution in [0.3, 0.4) is 0 Å². The number of benzene rings is 2. The van der Waals surface area contributed by atoms with Gasteiger partial charge in [-0.2, -0.15) is 0 Å². The molecule has 1 aliphatic carbocycles. The molecule has 1 aromatic heterocycles. The minimum atomic E-state index is -1.04. The molecule has 6 nitrogen and oxygen atoms in total. The van der Waals surface area contributed by atoms with Crippen LogP contribution in [0.15, 0.2) is 64.5 Å². The van der Waals surface area contributed by atoms with Crippen LogP contribution in [0.1, 0.15) is 23.5 Å². The molecule has 0 radical (unpaired) electrons. The van der Waals surface area contributed by atoms with Crippen molar-refractivity contribution in [3.63, 3.8) is 0 Å². The zero-order valence-electron chi connectivity index (χ0n) is 20.0. The van der Waals surface area contributed by atoms with E-state index in [1.807, 2.05) is 24.3 Å². The molecule has 8 heteroatoms. The maximum atomic E-state index is 14.1. The number of nitrogens with zero attached hydrogens (tertiary/aromatic N) is 2. The first-order chi connectivity index (χ1) is 17.5. The van der Waals surface area contributed by atoms with E-state index >= 15 is 0 Å². The second-order valence-corrected chi connectivity index (χ2v) is 9.75. The molecule has 1 N–H and O–H groups in total. The number of fused-ring (bicyclic) bond motifs is 2. The third-order valence-corrected chi connectivity index (χ3v) is 7.48. The summed E-state index contributed by atoms with van der Waals surface area (Å²) in [6.07, 6.45) is 3.33. The Kier molecular flexibility index (Phi) is 6.23. The molecular formula is C28H29F2N3O3. The number of allylic oxidation sites excluding steroid dienone is 3. The standard InChI is InChI=1S/C28H29F2N3O3/c29-20-2-4-22-19(15-20)17-36-27-16-21(30)3-5-23(27)24(22)13-18-1-6-26-25(14-18)31-28(34)33(26)8-7-32-9-11-35-12-10-32/h1-6,14,16,20,24H,7-13,15,17H2,(H,31,34). The number of rotatable bonds is 5. The molecule has 3 heterocycles. The summed E-state index contributed by atoms with van der Waals surface area (Å²) in [6.45, 7) is 4.89. The molecule has 0 bridgehead atoms. The number of imidazole rings is 1. The van der Waals surface area contributed by atoms with Gasteiger partial charge in [-0.3, -0.25) is 9.47 Å². The van der Waals surface area contributed by atoms with Gasteiger partial charge < -0.3 is 14.5 Å². The van der Waals surface area contributed by atoms with Crippen LogP contribution in [0.2, 0.25) is 0 Å². The highest BCUT2D eigenvalue weighted by molar-refractivity contribution is 5.76. The molecule has 2 aliphatic heterocycles. The highest BCUT2D eigenvalue weighted by Gasteiger charge is 2.29. The summed E-state index contributed by atoms with van der Waals surface area (Å²) < 4.78 is 41.3. The molecule has 0 spiro atoms. The van der Waals surface area contributed by atoms with Crippen LogP contribution in [0, 0.1) is 5.82 Å². The Morgan fingerprint density at radius 3 is 2.81 bits per heavy atom. The van der Waals surface area contributed by atoms with Gasteiger partial charge in [0.05, 0.1) is 24.2 Å². The van der Waals surface area contributed by atoms with Gasteiger partial charge in [-0.25, -0.2) is 13.6 Å². The van der Waals surface area contributed by atoms with Gasteiger partial charge in [-0.05, 0) is 41.3 Å². The van der Waals surface area contributed by atoms with Gasteiger partial charge in [-0.15, -0.1) is 0 Å². The van der Waals surface area contributed by atoms with Crippen LogP contribution in [-0.4, -0.2) is 60.1 Å². The van der Waals surface area contributed by atoms with Crippen LogP contribution in [0.5, 0.6) is 5.75 Å². The quantitative estimate of drug-likeness (QED) is 0.581. The lowest BCUT2D eigenvalue weighted by Gasteiger charge is -2.26. The fourth-order valence-electron chi connectivity index (χ4n) is 5.59. The normalized spacial score (nSPS) is 22.3. The summed E-state index contributed by atoms with van der Waals surface area (Å²) in [7, 11) is 0. The van der Waals surface area contributed by atoms with Crippen molar-refractivity contribution in [2.45, 2.75) is 31.5 Å². The van der Waals surface area contributed by atoms with Gasteiger partial charge in [0.1, 0.15) is 24.3 Å². The number of H-pyrrole nitrogens is 1. The molecule has 2 unspecified atom stereocenters. The van der Waals surface area contributed by atoms with E-state index in [1.54, 1.807) is 16.7 Å². The van der Waals surface area contributed by atoms with Crippen LogP contribution >= 0.6 is 0 Å². The lowest BCUT2D eigenvalue weighted by atomic mass is 9.80. The first kappa shape index (κ1) is 23.2. The minimum Gasteiger partial charge on any atom is -0.489 e. The van der Waals surface area contributed by atoms with E-state index in [0.29, 0.717) is 18.7 Å². The molecule has 2 atom stereocenters. The number of aromatic amines is 1. The summed E-state index contributed by atoms with van der Waals surface area (Å²) >= 11 is 0. The van der Waals surface area contributed by atoms with Crippen molar-refractivity contribution in [3.05, 3.63) is 87.1 Å². The summed E-state index contributed by atoms with van der Waals surface area (Å²) in [5, 5.41) is 0.